The van der Waals surface area contributed by atoms with Gasteiger partial charge in [-0.25, -0.2) is 0 Å². The van der Waals surface area contributed by atoms with Crippen LogP contribution in [0.2, 0.25) is 0 Å². The Morgan fingerprint density at radius 1 is 1.28 bits per heavy atom. The minimum absolute atomic E-state index is 0.189. The van der Waals surface area contributed by atoms with Gasteiger partial charge in [-0.15, -0.1) is 11.8 Å². The highest BCUT2D eigenvalue weighted by atomic mass is 79.9. The van der Waals surface area contributed by atoms with Gasteiger partial charge >= 0.3 is 0 Å². The molecule has 0 saturated carbocycles. The monoisotopic (exact) mass is 417 g/mol. The summed E-state index contributed by atoms with van der Waals surface area (Å²) in [5.74, 6) is 0.436. The molecule has 0 aliphatic carbocycles. The zero-order valence-electron chi connectivity index (χ0n) is 13.5. The van der Waals surface area contributed by atoms with E-state index >= 15 is 0 Å². The summed E-state index contributed by atoms with van der Waals surface area (Å²) in [5, 5.41) is 3.79. The minimum Gasteiger partial charge on any atom is -0.470 e. The van der Waals surface area contributed by atoms with Gasteiger partial charge in [-0.05, 0) is 58.6 Å². The van der Waals surface area contributed by atoms with Crippen LogP contribution in [0.5, 0.6) is 5.75 Å². The second-order valence-corrected chi connectivity index (χ2v) is 7.05. The number of hydrogen-bond acceptors (Lipinski definition) is 5. The molecule has 3 aromatic rings. The van der Waals surface area contributed by atoms with Crippen molar-refractivity contribution >= 4 is 44.5 Å². The molecule has 0 bridgehead atoms. The first kappa shape index (κ1) is 17.7. The summed E-state index contributed by atoms with van der Waals surface area (Å²) in [6, 6.07) is 13.1. The maximum absolute atomic E-state index is 12.4. The Balaban J connectivity index is 1.67. The van der Waals surface area contributed by atoms with Gasteiger partial charge < -0.3 is 10.1 Å². The Kier molecular flexibility index (Phi) is 5.88. The van der Waals surface area contributed by atoms with E-state index in [-0.39, 0.29) is 5.91 Å². The van der Waals surface area contributed by atoms with Crippen LogP contribution in [-0.4, -0.2) is 27.6 Å². The Morgan fingerprint density at radius 2 is 2.16 bits per heavy atom. The van der Waals surface area contributed by atoms with Crippen molar-refractivity contribution in [3.05, 3.63) is 65.0 Å². The van der Waals surface area contributed by atoms with Crippen molar-refractivity contribution in [3.63, 3.8) is 0 Å². The Bertz CT molecular complexity index is 877. The molecule has 25 heavy (non-hydrogen) atoms. The topological polar surface area (TPSA) is 64.1 Å². The number of carbonyl (C=O) groups excluding carboxylic acids is 1. The number of nitrogens with zero attached hydrogens (tertiary/aromatic N) is 2. The molecule has 1 atom stereocenters. The van der Waals surface area contributed by atoms with Crippen LogP contribution in [0.4, 0.5) is 0 Å². The third kappa shape index (κ3) is 4.70. The molecular weight excluding hydrogens is 402 g/mol. The van der Waals surface area contributed by atoms with Crippen LogP contribution in [0, 0.1) is 0 Å². The number of carbonyl (C=O) groups is 1. The summed E-state index contributed by atoms with van der Waals surface area (Å²) in [5.41, 5.74) is 1.04. The molecule has 1 aromatic carbocycles. The normalized spacial score (nSPS) is 11.9. The molecule has 0 fully saturated rings. The van der Waals surface area contributed by atoms with Gasteiger partial charge in [0, 0.05) is 22.3 Å². The second kappa shape index (κ2) is 8.31. The molecule has 1 unspecified atom stereocenters. The molecule has 128 valence electrons. The van der Waals surface area contributed by atoms with Gasteiger partial charge in [0.2, 0.25) is 5.44 Å². The second-order valence-electron chi connectivity index (χ2n) is 5.23. The van der Waals surface area contributed by atoms with E-state index in [0.717, 1.165) is 21.1 Å². The number of thioether (sulfide) groups is 1. The lowest BCUT2D eigenvalue weighted by Gasteiger charge is -2.17. The van der Waals surface area contributed by atoms with Crippen LogP contribution in [-0.2, 0) is 11.3 Å². The highest BCUT2D eigenvalue weighted by molar-refractivity contribution is 9.10. The minimum atomic E-state index is -0.638. The van der Waals surface area contributed by atoms with E-state index in [1.54, 1.807) is 12.4 Å². The van der Waals surface area contributed by atoms with Crippen LogP contribution in [0.15, 0.2) is 59.3 Å². The van der Waals surface area contributed by atoms with Crippen LogP contribution in [0.3, 0.4) is 0 Å². The van der Waals surface area contributed by atoms with E-state index < -0.39 is 5.44 Å². The smallest absolute Gasteiger partial charge is 0.272 e. The first-order valence-corrected chi connectivity index (χ1v) is 9.66. The zero-order valence-corrected chi connectivity index (χ0v) is 15.9. The largest absolute Gasteiger partial charge is 0.470 e. The van der Waals surface area contributed by atoms with Gasteiger partial charge in [-0.2, -0.15) is 0 Å². The lowest BCUT2D eigenvalue weighted by Crippen LogP contribution is -2.35. The van der Waals surface area contributed by atoms with Gasteiger partial charge in [-0.1, -0.05) is 6.07 Å². The number of aromatic nitrogens is 2. The summed E-state index contributed by atoms with van der Waals surface area (Å²) in [6.07, 6.45) is 5.29. The fourth-order valence-electron chi connectivity index (χ4n) is 2.25. The highest BCUT2D eigenvalue weighted by Crippen LogP contribution is 2.24. The van der Waals surface area contributed by atoms with E-state index in [1.807, 2.05) is 48.7 Å². The number of amides is 1. The lowest BCUT2D eigenvalue weighted by molar-refractivity contribution is -0.124. The van der Waals surface area contributed by atoms with E-state index in [1.165, 1.54) is 11.8 Å². The molecule has 0 saturated heterocycles. The van der Waals surface area contributed by atoms with E-state index in [2.05, 4.69) is 31.2 Å². The van der Waals surface area contributed by atoms with Crippen molar-refractivity contribution in [1.82, 2.24) is 15.3 Å². The number of fused-ring (bicyclic) bond motifs is 1. The first-order valence-electron chi connectivity index (χ1n) is 7.58. The fourth-order valence-corrected chi connectivity index (χ4v) is 3.11. The molecule has 0 radical (unpaired) electrons. The fraction of sp³-hybridized carbons (Fsp3) is 0.167. The number of hydrogen-bond donors (Lipinski definition) is 1. The van der Waals surface area contributed by atoms with Crippen molar-refractivity contribution in [2.24, 2.45) is 0 Å². The van der Waals surface area contributed by atoms with Gasteiger partial charge in [0.25, 0.3) is 5.91 Å². The van der Waals surface area contributed by atoms with Crippen LogP contribution < -0.4 is 10.1 Å². The Morgan fingerprint density at radius 3 is 2.92 bits per heavy atom. The Hall–Kier alpha value is -2.12. The maximum Gasteiger partial charge on any atom is 0.272 e. The molecule has 2 aromatic heterocycles. The average molecular weight is 418 g/mol. The number of benzene rings is 1. The molecule has 1 amide bonds. The van der Waals surface area contributed by atoms with Crippen LogP contribution in [0.25, 0.3) is 10.9 Å². The molecule has 0 spiro atoms. The average Bonchev–Trinajstić information content (AvgIpc) is 2.64. The summed E-state index contributed by atoms with van der Waals surface area (Å²) < 4.78 is 6.74. The van der Waals surface area contributed by atoms with Gasteiger partial charge in [0.15, 0.2) is 0 Å². The number of halogens is 1. The predicted molar refractivity (Wildman–Crippen MR) is 103 cm³/mol. The molecule has 3 rings (SSSR count). The van der Waals surface area contributed by atoms with E-state index in [0.29, 0.717) is 12.3 Å². The standard InChI is InChI=1S/C18H16BrN3O2S/c1-25-18(17(23)22-11-14-4-2-3-7-20-14)24-15-5-6-16-12(9-15)8-13(19)10-21-16/h2-10,18H,11H2,1H3,(H,22,23). The number of ether oxygens (including phenoxy) is 1. The van der Waals surface area contributed by atoms with Crippen molar-refractivity contribution in [1.29, 1.82) is 0 Å². The summed E-state index contributed by atoms with van der Waals surface area (Å²) in [7, 11) is 0. The molecule has 2 heterocycles. The first-order chi connectivity index (χ1) is 12.2. The third-order valence-corrected chi connectivity index (χ3v) is 4.63. The van der Waals surface area contributed by atoms with Gasteiger partial charge in [0.05, 0.1) is 17.8 Å². The number of pyridine rings is 2. The van der Waals surface area contributed by atoms with Gasteiger partial charge in [0.1, 0.15) is 5.75 Å². The zero-order chi connectivity index (χ0) is 17.6. The van der Waals surface area contributed by atoms with Crippen molar-refractivity contribution in [2.45, 2.75) is 12.0 Å². The van der Waals surface area contributed by atoms with E-state index in [9.17, 15) is 4.79 Å². The molecule has 7 heteroatoms. The van der Waals surface area contributed by atoms with E-state index in [4.69, 9.17) is 4.74 Å². The van der Waals surface area contributed by atoms with Crippen LogP contribution >= 0.6 is 27.7 Å². The summed E-state index contributed by atoms with van der Waals surface area (Å²) in [6.45, 7) is 0.370. The SMILES string of the molecule is CSC(Oc1ccc2ncc(Br)cc2c1)C(=O)NCc1ccccn1. The van der Waals surface area contributed by atoms with Crippen molar-refractivity contribution in [3.8, 4) is 5.75 Å². The van der Waals surface area contributed by atoms with Crippen molar-refractivity contribution in [2.75, 3.05) is 6.26 Å². The van der Waals surface area contributed by atoms with Crippen molar-refractivity contribution < 1.29 is 9.53 Å². The number of rotatable bonds is 6. The summed E-state index contributed by atoms with van der Waals surface area (Å²) >= 11 is 4.75. The third-order valence-electron chi connectivity index (χ3n) is 3.46. The lowest BCUT2D eigenvalue weighted by atomic mass is 10.2. The predicted octanol–water partition coefficient (Wildman–Crippen LogP) is 3.78. The molecule has 5 nitrogen and oxygen atoms in total. The van der Waals surface area contributed by atoms with Gasteiger partial charge in [-0.3, -0.25) is 14.8 Å². The van der Waals surface area contributed by atoms with Crippen LogP contribution in [0.1, 0.15) is 5.69 Å². The number of nitrogens with one attached hydrogen (secondary N) is 1. The molecule has 0 aliphatic rings. The quantitative estimate of drug-likeness (QED) is 0.618. The molecular formula is C18H16BrN3O2S. The highest BCUT2D eigenvalue weighted by Gasteiger charge is 2.19. The molecule has 1 N–H and O–H groups in total. The molecule has 0 aliphatic heterocycles. The maximum atomic E-state index is 12.4. The summed E-state index contributed by atoms with van der Waals surface area (Å²) in [4.78, 5) is 20.9. The Labute approximate surface area is 158 Å².